The van der Waals surface area contributed by atoms with Crippen LogP contribution in [0.3, 0.4) is 0 Å². The van der Waals surface area contributed by atoms with Crippen molar-refractivity contribution in [1.29, 1.82) is 0 Å². The minimum Gasteiger partial charge on any atom is -0.387 e. The molecule has 7 heteroatoms. The van der Waals surface area contributed by atoms with E-state index in [9.17, 15) is 9.90 Å². The summed E-state index contributed by atoms with van der Waals surface area (Å²) in [6.07, 6.45) is 7.64. The van der Waals surface area contributed by atoms with Crippen molar-refractivity contribution in [2.24, 2.45) is 5.41 Å². The molecule has 0 saturated heterocycles. The average Bonchev–Trinajstić information content (AvgIpc) is 3.02. The molecule has 0 aromatic carbocycles. The molecule has 0 unspecified atom stereocenters. The summed E-state index contributed by atoms with van der Waals surface area (Å²) in [7, 11) is 0. The van der Waals surface area contributed by atoms with Gasteiger partial charge in [0, 0.05) is 32.0 Å². The third-order valence-corrected chi connectivity index (χ3v) is 5.10. The number of carbonyl (C=O) groups is 1. The van der Waals surface area contributed by atoms with E-state index in [0.717, 1.165) is 38.0 Å². The summed E-state index contributed by atoms with van der Waals surface area (Å²) in [4.78, 5) is 19.2. The third kappa shape index (κ3) is 2.73. The zero-order valence-corrected chi connectivity index (χ0v) is 13.9. The predicted octanol–water partition coefficient (Wildman–Crippen LogP) is 1.35. The molecule has 2 aromatic heterocycles. The summed E-state index contributed by atoms with van der Waals surface area (Å²) in [5.74, 6) is 0.240. The summed E-state index contributed by atoms with van der Waals surface area (Å²) in [6, 6.07) is 1.92. The van der Waals surface area contributed by atoms with Gasteiger partial charge in [-0.25, -0.2) is 4.98 Å². The normalized spacial score (nSPS) is 20.3. The van der Waals surface area contributed by atoms with E-state index in [2.05, 4.69) is 10.1 Å². The van der Waals surface area contributed by atoms with Gasteiger partial charge in [-0.3, -0.25) is 9.48 Å². The molecule has 2 aliphatic rings. The highest BCUT2D eigenvalue weighted by Gasteiger charge is 2.52. The summed E-state index contributed by atoms with van der Waals surface area (Å²) in [6.45, 7) is 4.55. The van der Waals surface area contributed by atoms with E-state index < -0.39 is 6.10 Å². The number of aliphatic hydroxyl groups is 1. The minimum atomic E-state index is -0.579. The van der Waals surface area contributed by atoms with Crippen LogP contribution in [0.5, 0.6) is 0 Å². The lowest BCUT2D eigenvalue weighted by Crippen LogP contribution is -2.38. The molecule has 1 amide bonds. The molecular formula is C17H23N5O2. The lowest BCUT2D eigenvalue weighted by atomic mass is 10.0. The van der Waals surface area contributed by atoms with Crippen LogP contribution in [0.4, 0.5) is 0 Å². The minimum absolute atomic E-state index is 0.240. The largest absolute Gasteiger partial charge is 0.387 e. The zero-order chi connectivity index (χ0) is 16.7. The maximum absolute atomic E-state index is 13.1. The van der Waals surface area contributed by atoms with E-state index in [4.69, 9.17) is 0 Å². The van der Waals surface area contributed by atoms with Gasteiger partial charge in [0.25, 0.3) is 0 Å². The average molecular weight is 329 g/mol. The van der Waals surface area contributed by atoms with Crippen molar-refractivity contribution in [3.8, 4) is 0 Å². The number of aliphatic hydroxyl groups excluding tert-OH is 1. The number of aryl methyl sites for hydroxylation is 1. The van der Waals surface area contributed by atoms with E-state index in [-0.39, 0.29) is 11.3 Å². The first-order valence-corrected chi connectivity index (χ1v) is 8.57. The Kier molecular flexibility index (Phi) is 3.68. The standard InChI is InChI=1S/C17H23N5O2/c1-13(23)15-9-14-10-21(6-2-7-22(14)19-15)16(24)17(3-4-17)11-20-8-5-18-12-20/h5,8-9,12-13,23H,2-4,6-7,10-11H2,1H3/t13-/m1/s1. The molecule has 7 nitrogen and oxygen atoms in total. The monoisotopic (exact) mass is 329 g/mol. The van der Waals surface area contributed by atoms with Gasteiger partial charge in [0.15, 0.2) is 0 Å². The Balaban J connectivity index is 1.52. The molecule has 1 fully saturated rings. The Morgan fingerprint density at radius 3 is 2.92 bits per heavy atom. The molecule has 3 heterocycles. The second-order valence-electron chi connectivity index (χ2n) is 7.06. The van der Waals surface area contributed by atoms with E-state index >= 15 is 0 Å². The van der Waals surface area contributed by atoms with Crippen molar-refractivity contribution in [3.05, 3.63) is 36.2 Å². The Hall–Kier alpha value is -2.15. The first-order valence-electron chi connectivity index (χ1n) is 8.57. The van der Waals surface area contributed by atoms with Crippen molar-refractivity contribution in [1.82, 2.24) is 24.2 Å². The lowest BCUT2D eigenvalue weighted by Gasteiger charge is -2.26. The van der Waals surface area contributed by atoms with Gasteiger partial charge in [0.1, 0.15) is 0 Å². The second kappa shape index (κ2) is 5.73. The highest BCUT2D eigenvalue weighted by Crippen LogP contribution is 2.49. The Labute approximate surface area is 140 Å². The smallest absolute Gasteiger partial charge is 0.230 e. The summed E-state index contributed by atoms with van der Waals surface area (Å²) < 4.78 is 3.93. The van der Waals surface area contributed by atoms with Gasteiger partial charge >= 0.3 is 0 Å². The zero-order valence-electron chi connectivity index (χ0n) is 13.9. The molecule has 1 aliphatic heterocycles. The van der Waals surface area contributed by atoms with Crippen LogP contribution in [-0.4, -0.2) is 41.8 Å². The van der Waals surface area contributed by atoms with Crippen LogP contribution in [0.25, 0.3) is 0 Å². The van der Waals surface area contributed by atoms with Gasteiger partial charge in [-0.1, -0.05) is 0 Å². The number of rotatable bonds is 4. The van der Waals surface area contributed by atoms with Gasteiger partial charge < -0.3 is 14.6 Å². The Bertz CT molecular complexity index is 730. The fourth-order valence-electron chi connectivity index (χ4n) is 3.52. The second-order valence-corrected chi connectivity index (χ2v) is 7.06. The molecule has 4 rings (SSSR count). The van der Waals surface area contributed by atoms with Crippen molar-refractivity contribution in [2.45, 2.75) is 51.9 Å². The summed E-state index contributed by atoms with van der Waals surface area (Å²) in [5, 5.41) is 14.2. The maximum Gasteiger partial charge on any atom is 0.230 e. The van der Waals surface area contributed by atoms with Crippen LogP contribution in [0.15, 0.2) is 24.8 Å². The first kappa shape index (κ1) is 15.4. The number of hydrogen-bond donors (Lipinski definition) is 1. The Morgan fingerprint density at radius 1 is 1.42 bits per heavy atom. The molecule has 0 radical (unpaired) electrons. The van der Waals surface area contributed by atoms with Crippen molar-refractivity contribution >= 4 is 5.91 Å². The van der Waals surface area contributed by atoms with Crippen LogP contribution in [0.1, 0.15) is 43.7 Å². The number of aromatic nitrogens is 4. The van der Waals surface area contributed by atoms with Crippen LogP contribution in [0, 0.1) is 5.41 Å². The molecule has 128 valence electrons. The fourth-order valence-corrected chi connectivity index (χ4v) is 3.52. The molecule has 0 bridgehead atoms. The summed E-state index contributed by atoms with van der Waals surface area (Å²) in [5.41, 5.74) is 1.43. The van der Waals surface area contributed by atoms with Gasteiger partial charge in [-0.15, -0.1) is 0 Å². The number of fused-ring (bicyclic) bond motifs is 1. The predicted molar refractivity (Wildman–Crippen MR) is 86.8 cm³/mol. The Morgan fingerprint density at radius 2 is 2.25 bits per heavy atom. The van der Waals surface area contributed by atoms with E-state index in [1.807, 2.05) is 26.4 Å². The number of nitrogens with zero attached hydrogens (tertiary/aromatic N) is 5. The van der Waals surface area contributed by atoms with Crippen LogP contribution in [-0.2, 0) is 24.4 Å². The number of imidazole rings is 1. The van der Waals surface area contributed by atoms with Gasteiger partial charge in [-0.2, -0.15) is 5.10 Å². The van der Waals surface area contributed by atoms with E-state index in [1.165, 1.54) is 0 Å². The third-order valence-electron chi connectivity index (χ3n) is 5.10. The van der Waals surface area contributed by atoms with E-state index in [0.29, 0.717) is 18.8 Å². The number of hydrogen-bond acceptors (Lipinski definition) is 4. The topological polar surface area (TPSA) is 76.2 Å². The molecule has 1 atom stereocenters. The lowest BCUT2D eigenvalue weighted by molar-refractivity contribution is -0.138. The van der Waals surface area contributed by atoms with Crippen molar-refractivity contribution in [3.63, 3.8) is 0 Å². The van der Waals surface area contributed by atoms with Crippen molar-refractivity contribution < 1.29 is 9.90 Å². The van der Waals surface area contributed by atoms with Crippen LogP contribution in [0.2, 0.25) is 0 Å². The maximum atomic E-state index is 13.1. The van der Waals surface area contributed by atoms with Gasteiger partial charge in [0.05, 0.1) is 35.8 Å². The van der Waals surface area contributed by atoms with Crippen LogP contribution >= 0.6 is 0 Å². The quantitative estimate of drug-likeness (QED) is 0.918. The van der Waals surface area contributed by atoms with Crippen molar-refractivity contribution in [2.75, 3.05) is 6.54 Å². The molecule has 1 aliphatic carbocycles. The molecular weight excluding hydrogens is 306 g/mol. The summed E-state index contributed by atoms with van der Waals surface area (Å²) >= 11 is 0. The van der Waals surface area contributed by atoms with Gasteiger partial charge in [-0.05, 0) is 32.3 Å². The highest BCUT2D eigenvalue weighted by atomic mass is 16.3. The SMILES string of the molecule is C[C@@H](O)c1cc2n(n1)CCCN(C(=O)C1(Cn3ccnc3)CC1)C2. The van der Waals surface area contributed by atoms with Crippen LogP contribution < -0.4 is 0 Å². The first-order chi connectivity index (χ1) is 11.6. The molecule has 1 saturated carbocycles. The fraction of sp³-hybridized carbons (Fsp3) is 0.588. The number of amides is 1. The number of carbonyl (C=O) groups excluding carboxylic acids is 1. The van der Waals surface area contributed by atoms with Gasteiger partial charge in [0.2, 0.25) is 5.91 Å². The molecule has 24 heavy (non-hydrogen) atoms. The highest BCUT2D eigenvalue weighted by molar-refractivity contribution is 5.85. The molecule has 2 aromatic rings. The van der Waals surface area contributed by atoms with E-state index in [1.54, 1.807) is 19.4 Å². The molecule has 0 spiro atoms. The molecule has 1 N–H and O–H groups in total.